The monoisotopic (exact) mass is 461 g/mol. The number of anilines is 2. The predicted molar refractivity (Wildman–Crippen MR) is 121 cm³/mol. The van der Waals surface area contributed by atoms with Crippen molar-refractivity contribution >= 4 is 23.4 Å². The number of amides is 2. The van der Waals surface area contributed by atoms with Gasteiger partial charge in [-0.2, -0.15) is 8.78 Å². The molecule has 0 aliphatic heterocycles. The highest BCUT2D eigenvalue weighted by atomic mass is 19.3. The highest BCUT2D eigenvalue weighted by Crippen LogP contribution is 2.36. The zero-order chi connectivity index (χ0) is 24.1. The average molecular weight is 462 g/mol. The van der Waals surface area contributed by atoms with Gasteiger partial charge >= 0.3 is 18.6 Å². The topological polar surface area (TPSA) is 91.8 Å². The third kappa shape index (κ3) is 5.97. The van der Waals surface area contributed by atoms with Gasteiger partial charge < -0.3 is 15.2 Å². The van der Waals surface area contributed by atoms with Gasteiger partial charge in [-0.15, -0.1) is 0 Å². The molecule has 1 saturated carbocycles. The van der Waals surface area contributed by atoms with E-state index in [9.17, 15) is 23.5 Å². The van der Waals surface area contributed by atoms with Gasteiger partial charge in [-0.25, -0.2) is 4.79 Å². The van der Waals surface area contributed by atoms with E-state index in [1.165, 1.54) is 12.3 Å². The predicted octanol–water partition coefficient (Wildman–Crippen LogP) is 5.80. The Morgan fingerprint density at radius 2 is 1.85 bits per heavy atom. The number of nitrogens with zero attached hydrogens (tertiary/aromatic N) is 2. The van der Waals surface area contributed by atoms with E-state index < -0.39 is 24.5 Å². The van der Waals surface area contributed by atoms with E-state index in [1.807, 2.05) is 38.1 Å². The first-order valence-corrected chi connectivity index (χ1v) is 11.0. The third-order valence-corrected chi connectivity index (χ3v) is 5.91. The lowest BCUT2D eigenvalue weighted by molar-refractivity contribution is -0.142. The number of carboxylic acid groups (broad SMARTS) is 1. The highest BCUT2D eigenvalue weighted by molar-refractivity contribution is 6.03. The number of para-hydroxylation sites is 1. The largest absolute Gasteiger partial charge is 0.481 e. The van der Waals surface area contributed by atoms with Crippen molar-refractivity contribution in [2.24, 2.45) is 5.92 Å². The number of pyridine rings is 1. The number of aliphatic carboxylic acids is 1. The van der Waals surface area contributed by atoms with Gasteiger partial charge in [-0.3, -0.25) is 14.7 Å². The number of aryl methyl sites for hydroxylation is 1. The molecule has 2 aromatic rings. The van der Waals surface area contributed by atoms with Crippen molar-refractivity contribution in [3.05, 3.63) is 47.8 Å². The zero-order valence-corrected chi connectivity index (χ0v) is 18.9. The molecule has 1 aromatic heterocycles. The number of nitrogens with one attached hydrogen (secondary N) is 1. The van der Waals surface area contributed by atoms with E-state index in [-0.39, 0.29) is 23.4 Å². The number of benzene rings is 1. The molecular formula is C24H29F2N3O4. The molecule has 1 aromatic carbocycles. The molecule has 0 unspecified atom stereocenters. The number of hydrogen-bond donors (Lipinski definition) is 2. The van der Waals surface area contributed by atoms with Crippen LogP contribution in [0.15, 0.2) is 36.5 Å². The van der Waals surface area contributed by atoms with Crippen LogP contribution in [0.5, 0.6) is 5.75 Å². The second kappa shape index (κ2) is 10.6. The summed E-state index contributed by atoms with van der Waals surface area (Å²) in [5.41, 5.74) is 2.18. The van der Waals surface area contributed by atoms with Gasteiger partial charge in [0.25, 0.3) is 0 Å². The van der Waals surface area contributed by atoms with E-state index in [0.717, 1.165) is 5.56 Å². The number of ether oxygens (including phenoxy) is 1. The summed E-state index contributed by atoms with van der Waals surface area (Å²) >= 11 is 0. The van der Waals surface area contributed by atoms with Crippen LogP contribution in [0.1, 0.15) is 56.7 Å². The molecule has 0 spiro atoms. The fourth-order valence-electron chi connectivity index (χ4n) is 4.25. The van der Waals surface area contributed by atoms with Gasteiger partial charge in [0.15, 0.2) is 5.75 Å². The maximum atomic E-state index is 13.6. The first-order valence-electron chi connectivity index (χ1n) is 11.0. The molecule has 7 nitrogen and oxygen atoms in total. The normalized spacial score (nSPS) is 18.3. The maximum Gasteiger partial charge on any atom is 0.387 e. The van der Waals surface area contributed by atoms with Gasteiger partial charge in [0.05, 0.1) is 12.1 Å². The van der Waals surface area contributed by atoms with Gasteiger partial charge in [-0.05, 0) is 50.2 Å². The summed E-state index contributed by atoms with van der Waals surface area (Å²) in [6.45, 7) is 2.63. The molecule has 33 heavy (non-hydrogen) atoms. The van der Waals surface area contributed by atoms with Crippen LogP contribution in [0.3, 0.4) is 0 Å². The quantitative estimate of drug-likeness (QED) is 0.544. The van der Waals surface area contributed by atoms with Crippen molar-refractivity contribution in [2.75, 3.05) is 10.2 Å². The van der Waals surface area contributed by atoms with Crippen LogP contribution in [0.4, 0.5) is 25.0 Å². The van der Waals surface area contributed by atoms with E-state index in [2.05, 4.69) is 15.0 Å². The Morgan fingerprint density at radius 1 is 1.18 bits per heavy atom. The Morgan fingerprint density at radius 3 is 2.45 bits per heavy atom. The zero-order valence-electron chi connectivity index (χ0n) is 18.9. The molecular weight excluding hydrogens is 432 g/mol. The Kier molecular flexibility index (Phi) is 7.84. The summed E-state index contributed by atoms with van der Waals surface area (Å²) in [7, 11) is 0. The van der Waals surface area contributed by atoms with Crippen LogP contribution < -0.4 is 15.0 Å². The number of aromatic nitrogens is 1. The number of alkyl halides is 2. The summed E-state index contributed by atoms with van der Waals surface area (Å²) in [5.74, 6) is -1.30. The molecule has 1 heterocycles. The SMILES string of the molecule is Cc1cc(OC(F)F)c(NC(=O)N(c2ccccc2C(C)C)C2CCC(C(=O)O)CC2)cn1. The van der Waals surface area contributed by atoms with Crippen molar-refractivity contribution in [2.45, 2.75) is 65.0 Å². The molecule has 0 atom stereocenters. The minimum atomic E-state index is -3.05. The summed E-state index contributed by atoms with van der Waals surface area (Å²) in [5, 5.41) is 12.0. The van der Waals surface area contributed by atoms with Crippen LogP contribution in [0.25, 0.3) is 0 Å². The van der Waals surface area contributed by atoms with Crippen molar-refractivity contribution in [1.29, 1.82) is 0 Å². The van der Waals surface area contributed by atoms with Gasteiger partial charge in [0.1, 0.15) is 5.69 Å². The molecule has 1 fully saturated rings. The van der Waals surface area contributed by atoms with Crippen molar-refractivity contribution in [1.82, 2.24) is 4.98 Å². The number of rotatable bonds is 7. The molecule has 2 N–H and O–H groups in total. The van der Waals surface area contributed by atoms with Crippen LogP contribution in [-0.2, 0) is 4.79 Å². The van der Waals surface area contributed by atoms with Crippen LogP contribution in [0, 0.1) is 12.8 Å². The lowest BCUT2D eigenvalue weighted by Gasteiger charge is -2.37. The lowest BCUT2D eigenvalue weighted by Crippen LogP contribution is -2.46. The smallest absolute Gasteiger partial charge is 0.387 e. The summed E-state index contributed by atoms with van der Waals surface area (Å²) < 4.78 is 30.4. The molecule has 0 saturated heterocycles. The van der Waals surface area contributed by atoms with E-state index in [4.69, 9.17) is 0 Å². The molecule has 178 valence electrons. The number of hydrogen-bond acceptors (Lipinski definition) is 4. The first-order chi connectivity index (χ1) is 15.7. The maximum absolute atomic E-state index is 13.6. The van der Waals surface area contributed by atoms with Crippen LogP contribution >= 0.6 is 0 Å². The third-order valence-electron chi connectivity index (χ3n) is 5.91. The first kappa shape index (κ1) is 24.4. The second-order valence-corrected chi connectivity index (χ2v) is 8.56. The Balaban J connectivity index is 1.95. The summed E-state index contributed by atoms with van der Waals surface area (Å²) in [6, 6.07) is 8.12. The Labute approximate surface area is 191 Å². The van der Waals surface area contributed by atoms with Crippen molar-refractivity contribution in [3.63, 3.8) is 0 Å². The van der Waals surface area contributed by atoms with Gasteiger partial charge in [0.2, 0.25) is 0 Å². The highest BCUT2D eigenvalue weighted by Gasteiger charge is 2.34. The number of carbonyl (C=O) groups is 2. The number of carbonyl (C=O) groups excluding carboxylic acids is 1. The summed E-state index contributed by atoms with van der Waals surface area (Å²) in [4.78, 5) is 30.7. The van der Waals surface area contributed by atoms with Gasteiger partial charge in [-0.1, -0.05) is 32.0 Å². The molecule has 9 heteroatoms. The number of halogens is 2. The fourth-order valence-corrected chi connectivity index (χ4v) is 4.25. The molecule has 0 radical (unpaired) electrons. The fraction of sp³-hybridized carbons (Fsp3) is 0.458. The van der Waals surface area contributed by atoms with E-state index >= 15 is 0 Å². The average Bonchev–Trinajstić information content (AvgIpc) is 2.76. The number of urea groups is 1. The molecule has 0 bridgehead atoms. The number of carboxylic acids is 1. The van der Waals surface area contributed by atoms with Crippen LogP contribution in [-0.4, -0.2) is 34.7 Å². The standard InChI is InChI=1S/C24H29F2N3O4/c1-14(2)18-6-4-5-7-20(18)29(17-10-8-16(9-11-17)22(30)31)24(32)28-19-13-27-15(3)12-21(19)33-23(25)26/h4-7,12-14,16-17,23H,8-11H2,1-3H3,(H,28,32)(H,30,31). The molecule has 1 aliphatic carbocycles. The molecule has 2 amide bonds. The molecule has 3 rings (SSSR count). The van der Waals surface area contributed by atoms with E-state index in [0.29, 0.717) is 37.1 Å². The lowest BCUT2D eigenvalue weighted by atomic mass is 9.85. The van der Waals surface area contributed by atoms with Crippen molar-refractivity contribution in [3.8, 4) is 5.75 Å². The molecule has 1 aliphatic rings. The Hall–Kier alpha value is -3.23. The van der Waals surface area contributed by atoms with Crippen LogP contribution in [0.2, 0.25) is 0 Å². The van der Waals surface area contributed by atoms with Crippen molar-refractivity contribution < 1.29 is 28.2 Å². The second-order valence-electron chi connectivity index (χ2n) is 8.56. The van der Waals surface area contributed by atoms with E-state index in [1.54, 1.807) is 11.8 Å². The van der Waals surface area contributed by atoms with Gasteiger partial charge in [0, 0.05) is 23.5 Å². The summed E-state index contributed by atoms with van der Waals surface area (Å²) in [6.07, 6.45) is 3.24. The minimum Gasteiger partial charge on any atom is -0.481 e. The Bertz CT molecular complexity index is 991. The minimum absolute atomic E-state index is 0.0390.